The Morgan fingerprint density at radius 3 is 2.23 bits per heavy atom. The molecule has 2 aromatic carbocycles. The molecule has 0 atom stereocenters. The molecule has 0 unspecified atom stereocenters. The number of hydrogen-bond donors (Lipinski definition) is 0. The lowest BCUT2D eigenvalue weighted by Gasteiger charge is -2.08. The molecule has 0 aliphatic carbocycles. The molecule has 0 saturated carbocycles. The van der Waals surface area contributed by atoms with Crippen LogP contribution in [0.3, 0.4) is 0 Å². The van der Waals surface area contributed by atoms with Crippen LogP contribution in [0.1, 0.15) is 11.1 Å². The van der Waals surface area contributed by atoms with Crippen molar-refractivity contribution in [2.45, 2.75) is 13.8 Å². The number of pyridine rings is 1. The van der Waals surface area contributed by atoms with Crippen LogP contribution < -0.4 is 4.57 Å². The molecule has 0 fully saturated rings. The van der Waals surface area contributed by atoms with Crippen LogP contribution in [-0.4, -0.2) is 0 Å². The number of aromatic nitrogens is 1. The van der Waals surface area contributed by atoms with Crippen molar-refractivity contribution in [1.82, 2.24) is 0 Å². The molecule has 1 aromatic heterocycles. The van der Waals surface area contributed by atoms with Gasteiger partial charge in [-0.25, -0.2) is 0 Å². The van der Waals surface area contributed by atoms with E-state index >= 15 is 0 Å². The van der Waals surface area contributed by atoms with Crippen LogP contribution in [-0.2, 0) is 7.05 Å². The molecule has 3 rings (SSSR count). The molecule has 0 spiro atoms. The molecular formula is C20H19FN+. The lowest BCUT2D eigenvalue weighted by atomic mass is 10.00. The smallest absolute Gasteiger partial charge is 0.200 e. The van der Waals surface area contributed by atoms with E-state index in [1.165, 1.54) is 5.56 Å². The molecule has 0 aliphatic rings. The summed E-state index contributed by atoms with van der Waals surface area (Å²) in [6.45, 7) is 4.07. The number of benzene rings is 2. The zero-order valence-corrected chi connectivity index (χ0v) is 13.1. The Kier molecular flexibility index (Phi) is 3.76. The first-order chi connectivity index (χ1) is 10.6. The van der Waals surface area contributed by atoms with Gasteiger partial charge in [0, 0.05) is 5.56 Å². The fourth-order valence-corrected chi connectivity index (χ4v) is 2.87. The summed E-state index contributed by atoms with van der Waals surface area (Å²) >= 11 is 0. The van der Waals surface area contributed by atoms with Crippen LogP contribution in [0.5, 0.6) is 0 Å². The predicted octanol–water partition coefficient (Wildman–Crippen LogP) is 4.60. The van der Waals surface area contributed by atoms with Crippen LogP contribution in [0.15, 0.2) is 60.8 Å². The van der Waals surface area contributed by atoms with Crippen molar-refractivity contribution >= 4 is 0 Å². The summed E-state index contributed by atoms with van der Waals surface area (Å²) in [6.07, 6.45) is 1.98. The van der Waals surface area contributed by atoms with Gasteiger partial charge < -0.3 is 0 Å². The quantitative estimate of drug-likeness (QED) is 0.608. The van der Waals surface area contributed by atoms with Gasteiger partial charge in [0.05, 0.1) is 5.56 Å². The number of nitrogens with zero attached hydrogens (tertiary/aromatic N) is 1. The van der Waals surface area contributed by atoms with E-state index in [4.69, 9.17) is 0 Å². The van der Waals surface area contributed by atoms with Gasteiger partial charge in [0.25, 0.3) is 0 Å². The van der Waals surface area contributed by atoms with Crippen molar-refractivity contribution in [3.63, 3.8) is 0 Å². The van der Waals surface area contributed by atoms with E-state index in [-0.39, 0.29) is 5.82 Å². The zero-order chi connectivity index (χ0) is 15.7. The molecular weight excluding hydrogens is 273 g/mol. The minimum atomic E-state index is -0.198. The normalized spacial score (nSPS) is 10.7. The van der Waals surface area contributed by atoms with E-state index in [1.54, 1.807) is 6.07 Å². The summed E-state index contributed by atoms with van der Waals surface area (Å²) in [5, 5.41) is 0. The lowest BCUT2D eigenvalue weighted by Crippen LogP contribution is -2.32. The highest BCUT2D eigenvalue weighted by Gasteiger charge is 2.20. The molecule has 0 radical (unpaired) electrons. The summed E-state index contributed by atoms with van der Waals surface area (Å²) in [4.78, 5) is 0. The molecule has 110 valence electrons. The van der Waals surface area contributed by atoms with Gasteiger partial charge in [0.2, 0.25) is 5.69 Å². The molecule has 1 heterocycles. The largest absolute Gasteiger partial charge is 0.248 e. The van der Waals surface area contributed by atoms with Crippen molar-refractivity contribution < 1.29 is 8.96 Å². The second-order valence-corrected chi connectivity index (χ2v) is 5.72. The topological polar surface area (TPSA) is 3.88 Å². The van der Waals surface area contributed by atoms with E-state index in [9.17, 15) is 4.39 Å². The molecule has 1 nitrogen and oxygen atoms in total. The second kappa shape index (κ2) is 5.72. The SMILES string of the molecule is Cc1ccc(-c2c(F)cc(-c3ccccc3)c[n+]2C)c(C)c1. The number of rotatable bonds is 2. The summed E-state index contributed by atoms with van der Waals surface area (Å²) in [7, 11) is 1.89. The minimum absolute atomic E-state index is 0.198. The molecule has 0 bridgehead atoms. The number of halogens is 1. The van der Waals surface area contributed by atoms with Gasteiger partial charge in [0.15, 0.2) is 12.0 Å². The maximum Gasteiger partial charge on any atom is 0.248 e. The van der Waals surface area contributed by atoms with E-state index in [2.05, 4.69) is 6.07 Å². The van der Waals surface area contributed by atoms with Crippen LogP contribution in [0, 0.1) is 19.7 Å². The highest BCUT2D eigenvalue weighted by Crippen LogP contribution is 2.27. The maximum absolute atomic E-state index is 14.7. The van der Waals surface area contributed by atoms with Gasteiger partial charge >= 0.3 is 0 Å². The van der Waals surface area contributed by atoms with Crippen molar-refractivity contribution in [2.75, 3.05) is 0 Å². The Balaban J connectivity index is 2.15. The molecule has 0 N–H and O–H groups in total. The molecule has 3 aromatic rings. The Morgan fingerprint density at radius 2 is 1.59 bits per heavy atom. The van der Waals surface area contributed by atoms with Crippen LogP contribution in [0.2, 0.25) is 0 Å². The zero-order valence-electron chi connectivity index (χ0n) is 13.1. The maximum atomic E-state index is 14.7. The molecule has 2 heteroatoms. The first-order valence-electron chi connectivity index (χ1n) is 7.38. The third kappa shape index (κ3) is 2.64. The summed E-state index contributed by atoms with van der Waals surface area (Å²) in [5.41, 5.74) is 5.73. The third-order valence-corrected chi connectivity index (χ3v) is 3.94. The van der Waals surface area contributed by atoms with Gasteiger partial charge in [-0.1, -0.05) is 48.0 Å². The van der Waals surface area contributed by atoms with E-state index in [0.29, 0.717) is 5.69 Å². The number of aryl methyl sites for hydroxylation is 3. The first kappa shape index (κ1) is 14.5. The van der Waals surface area contributed by atoms with Crippen LogP contribution in [0.25, 0.3) is 22.4 Å². The monoisotopic (exact) mass is 292 g/mol. The van der Waals surface area contributed by atoms with Crippen molar-refractivity contribution in [2.24, 2.45) is 7.05 Å². The third-order valence-electron chi connectivity index (χ3n) is 3.94. The summed E-state index contributed by atoms with van der Waals surface area (Å²) in [6, 6.07) is 17.6. The first-order valence-corrected chi connectivity index (χ1v) is 7.38. The van der Waals surface area contributed by atoms with Gasteiger partial charge in [-0.15, -0.1) is 0 Å². The molecule has 22 heavy (non-hydrogen) atoms. The Bertz CT molecular complexity index is 799. The average molecular weight is 292 g/mol. The average Bonchev–Trinajstić information content (AvgIpc) is 2.49. The van der Waals surface area contributed by atoms with Gasteiger partial charge in [-0.2, -0.15) is 8.96 Å². The molecule has 0 aliphatic heterocycles. The summed E-state index contributed by atoms with van der Waals surface area (Å²) in [5.74, 6) is -0.198. The van der Waals surface area contributed by atoms with Gasteiger partial charge in [-0.05, 0) is 37.1 Å². The second-order valence-electron chi connectivity index (χ2n) is 5.72. The lowest BCUT2D eigenvalue weighted by molar-refractivity contribution is -0.661. The Hall–Kier alpha value is -2.48. The van der Waals surface area contributed by atoms with Gasteiger partial charge in [0.1, 0.15) is 7.05 Å². The van der Waals surface area contributed by atoms with E-state index in [0.717, 1.165) is 22.3 Å². The highest BCUT2D eigenvalue weighted by atomic mass is 19.1. The number of hydrogen-bond acceptors (Lipinski definition) is 0. The standard InChI is InChI=1S/C20H19FN/c1-14-9-10-18(15(2)11-14)20-19(21)12-17(13-22(20)3)16-7-5-4-6-8-16/h4-13H,1-3H3/q+1. The highest BCUT2D eigenvalue weighted by molar-refractivity contribution is 5.67. The Morgan fingerprint density at radius 1 is 0.864 bits per heavy atom. The van der Waals surface area contributed by atoms with Crippen molar-refractivity contribution in [3.05, 3.63) is 77.7 Å². The molecule has 0 amide bonds. The van der Waals surface area contributed by atoms with Gasteiger partial charge in [-0.3, -0.25) is 0 Å². The van der Waals surface area contributed by atoms with Crippen molar-refractivity contribution in [1.29, 1.82) is 0 Å². The minimum Gasteiger partial charge on any atom is -0.200 e. The van der Waals surface area contributed by atoms with E-state index < -0.39 is 0 Å². The predicted molar refractivity (Wildman–Crippen MR) is 87.9 cm³/mol. The fraction of sp³-hybridized carbons (Fsp3) is 0.150. The van der Waals surface area contributed by atoms with Crippen molar-refractivity contribution in [3.8, 4) is 22.4 Å². The Labute approximate surface area is 130 Å². The fourth-order valence-electron chi connectivity index (χ4n) is 2.87. The summed E-state index contributed by atoms with van der Waals surface area (Å²) < 4.78 is 16.6. The van der Waals surface area contributed by atoms with Crippen LogP contribution in [0.4, 0.5) is 4.39 Å². The molecule has 0 saturated heterocycles. The van der Waals surface area contributed by atoms with E-state index in [1.807, 2.05) is 74.1 Å². The van der Waals surface area contributed by atoms with Crippen LogP contribution >= 0.6 is 0 Å².